The van der Waals surface area contributed by atoms with Crippen LogP contribution >= 0.6 is 11.6 Å². The quantitative estimate of drug-likeness (QED) is 0.671. The minimum atomic E-state index is -4.76. The topological polar surface area (TPSA) is 68.1 Å². The van der Waals surface area contributed by atoms with Crippen LogP contribution in [-0.2, 0) is 12.7 Å². The minimum Gasteiger partial charge on any atom is -0.375 e. The number of pyridine rings is 1. The summed E-state index contributed by atoms with van der Waals surface area (Å²) in [5, 5.41) is 13.1. The van der Waals surface area contributed by atoms with Crippen molar-refractivity contribution in [3.8, 4) is 0 Å². The van der Waals surface area contributed by atoms with Crippen molar-refractivity contribution in [1.82, 2.24) is 4.98 Å². The molecule has 0 saturated carbocycles. The average molecular weight is 332 g/mol. The molecule has 0 aliphatic rings. The second-order valence-corrected chi connectivity index (χ2v) is 4.73. The number of hydrogen-bond acceptors (Lipinski definition) is 4. The molecule has 5 nitrogen and oxygen atoms in total. The van der Waals surface area contributed by atoms with Gasteiger partial charge in [0, 0.05) is 25.0 Å². The van der Waals surface area contributed by atoms with Crippen LogP contribution in [0.2, 0.25) is 5.02 Å². The van der Waals surface area contributed by atoms with Gasteiger partial charge in [0.05, 0.1) is 15.5 Å². The zero-order chi connectivity index (χ0) is 16.3. The molecule has 1 N–H and O–H groups in total. The Morgan fingerprint density at radius 3 is 2.64 bits per heavy atom. The van der Waals surface area contributed by atoms with Gasteiger partial charge in [-0.25, -0.2) is 0 Å². The predicted octanol–water partition coefficient (Wildman–Crippen LogP) is 4.27. The Balaban J connectivity index is 2.34. The molecule has 1 aromatic carbocycles. The zero-order valence-electron chi connectivity index (χ0n) is 10.9. The maximum atomic E-state index is 12.7. The Morgan fingerprint density at radius 1 is 1.36 bits per heavy atom. The Hall–Kier alpha value is -2.35. The van der Waals surface area contributed by atoms with Gasteiger partial charge in [-0.15, -0.1) is 0 Å². The number of anilines is 1. The molecule has 9 heteroatoms. The van der Waals surface area contributed by atoms with E-state index in [0.29, 0.717) is 11.6 Å². The molecule has 0 spiro atoms. The molecule has 0 radical (unpaired) electrons. The van der Waals surface area contributed by atoms with E-state index in [0.717, 1.165) is 6.07 Å². The van der Waals surface area contributed by atoms with Gasteiger partial charge in [-0.1, -0.05) is 17.7 Å². The highest BCUT2D eigenvalue weighted by atomic mass is 35.5. The van der Waals surface area contributed by atoms with Gasteiger partial charge in [-0.2, -0.15) is 13.2 Å². The van der Waals surface area contributed by atoms with Gasteiger partial charge in [-0.3, -0.25) is 15.1 Å². The van der Waals surface area contributed by atoms with E-state index in [1.165, 1.54) is 6.20 Å². The highest BCUT2D eigenvalue weighted by Crippen LogP contribution is 2.40. The fraction of sp³-hybridized carbons (Fsp3) is 0.154. The van der Waals surface area contributed by atoms with Gasteiger partial charge in [0.2, 0.25) is 0 Å². The molecule has 22 heavy (non-hydrogen) atoms. The molecule has 0 bridgehead atoms. The number of nitrogens with zero attached hydrogens (tertiary/aromatic N) is 2. The van der Waals surface area contributed by atoms with Crippen LogP contribution in [0.3, 0.4) is 0 Å². The van der Waals surface area contributed by atoms with Crippen LogP contribution < -0.4 is 5.32 Å². The van der Waals surface area contributed by atoms with Crippen LogP contribution in [0, 0.1) is 10.1 Å². The molecule has 0 unspecified atom stereocenters. The minimum absolute atomic E-state index is 0.0909. The first kappa shape index (κ1) is 16.0. The van der Waals surface area contributed by atoms with Crippen LogP contribution in [-0.4, -0.2) is 9.91 Å². The van der Waals surface area contributed by atoms with Crippen LogP contribution in [0.4, 0.5) is 24.5 Å². The molecule has 0 fully saturated rings. The van der Waals surface area contributed by atoms with E-state index in [2.05, 4.69) is 10.3 Å². The normalized spacial score (nSPS) is 11.3. The first-order valence-corrected chi connectivity index (χ1v) is 6.34. The van der Waals surface area contributed by atoms with Crippen molar-refractivity contribution in [2.75, 3.05) is 5.32 Å². The van der Waals surface area contributed by atoms with E-state index in [-0.39, 0.29) is 12.2 Å². The van der Waals surface area contributed by atoms with Crippen molar-refractivity contribution in [3.05, 3.63) is 62.9 Å². The standard InChI is InChI=1S/C13H9ClF3N3O2/c14-10-5-11(19-7-8-2-1-3-18-6-8)12(20(21)22)4-9(10)13(15,16)17/h1-6,19H,7H2. The van der Waals surface area contributed by atoms with Crippen molar-refractivity contribution in [1.29, 1.82) is 0 Å². The molecule has 0 saturated heterocycles. The highest BCUT2D eigenvalue weighted by molar-refractivity contribution is 6.31. The number of halogens is 4. The van der Waals surface area contributed by atoms with Crippen LogP contribution in [0.15, 0.2) is 36.7 Å². The molecule has 1 heterocycles. The van der Waals surface area contributed by atoms with Crippen molar-refractivity contribution in [2.45, 2.75) is 12.7 Å². The predicted molar refractivity (Wildman–Crippen MR) is 74.7 cm³/mol. The Morgan fingerprint density at radius 2 is 2.09 bits per heavy atom. The second-order valence-electron chi connectivity index (χ2n) is 4.32. The first-order chi connectivity index (χ1) is 10.3. The Bertz CT molecular complexity index is 693. The number of nitro benzene ring substituents is 1. The lowest BCUT2D eigenvalue weighted by Gasteiger charge is -2.12. The summed E-state index contributed by atoms with van der Waals surface area (Å²) in [6.45, 7) is 0.163. The number of rotatable bonds is 4. The number of aromatic nitrogens is 1. The number of nitrogens with one attached hydrogen (secondary N) is 1. The van der Waals surface area contributed by atoms with Crippen LogP contribution in [0.1, 0.15) is 11.1 Å². The average Bonchev–Trinajstić information content (AvgIpc) is 2.44. The van der Waals surface area contributed by atoms with Crippen LogP contribution in [0.25, 0.3) is 0 Å². The summed E-state index contributed by atoms with van der Waals surface area (Å²) in [4.78, 5) is 13.9. The van der Waals surface area contributed by atoms with E-state index in [4.69, 9.17) is 11.6 Å². The summed E-state index contributed by atoms with van der Waals surface area (Å²) in [7, 11) is 0. The maximum absolute atomic E-state index is 12.7. The summed E-state index contributed by atoms with van der Waals surface area (Å²) in [6, 6.07) is 4.72. The zero-order valence-corrected chi connectivity index (χ0v) is 11.6. The van der Waals surface area contributed by atoms with Gasteiger partial charge in [0.15, 0.2) is 0 Å². The highest BCUT2D eigenvalue weighted by Gasteiger charge is 2.36. The van der Waals surface area contributed by atoms with Crippen molar-refractivity contribution < 1.29 is 18.1 Å². The molecule has 116 valence electrons. The number of benzene rings is 1. The van der Waals surface area contributed by atoms with Gasteiger partial charge in [0.1, 0.15) is 5.69 Å². The lowest BCUT2D eigenvalue weighted by atomic mass is 10.1. The van der Waals surface area contributed by atoms with E-state index in [9.17, 15) is 23.3 Å². The Kier molecular flexibility index (Phi) is 4.51. The van der Waals surface area contributed by atoms with E-state index in [1.54, 1.807) is 18.3 Å². The van der Waals surface area contributed by atoms with Gasteiger partial charge in [0.25, 0.3) is 5.69 Å². The number of alkyl halides is 3. The third-order valence-electron chi connectivity index (χ3n) is 2.79. The fourth-order valence-electron chi connectivity index (χ4n) is 1.77. The molecule has 0 atom stereocenters. The summed E-state index contributed by atoms with van der Waals surface area (Å²) < 4.78 is 38.2. The summed E-state index contributed by atoms with van der Waals surface area (Å²) in [6.07, 6.45) is -1.67. The largest absolute Gasteiger partial charge is 0.418 e. The number of hydrogen-bond donors (Lipinski definition) is 1. The SMILES string of the molecule is O=[N+]([O-])c1cc(C(F)(F)F)c(Cl)cc1NCc1cccnc1. The van der Waals surface area contributed by atoms with Crippen molar-refractivity contribution >= 4 is 23.0 Å². The molecule has 0 aliphatic heterocycles. The third kappa shape index (κ3) is 3.64. The summed E-state index contributed by atoms with van der Waals surface area (Å²) in [5.74, 6) is 0. The van der Waals surface area contributed by atoms with Gasteiger partial charge >= 0.3 is 6.18 Å². The van der Waals surface area contributed by atoms with E-state index in [1.807, 2.05) is 0 Å². The molecule has 0 aliphatic carbocycles. The molecular formula is C13H9ClF3N3O2. The molecular weight excluding hydrogens is 323 g/mol. The monoisotopic (exact) mass is 331 g/mol. The summed E-state index contributed by atoms with van der Waals surface area (Å²) in [5.41, 5.74) is -1.31. The third-order valence-corrected chi connectivity index (χ3v) is 3.11. The van der Waals surface area contributed by atoms with Crippen LogP contribution in [0.5, 0.6) is 0 Å². The molecule has 1 aromatic heterocycles. The van der Waals surface area contributed by atoms with Crippen molar-refractivity contribution in [2.24, 2.45) is 0 Å². The maximum Gasteiger partial charge on any atom is 0.418 e. The van der Waals surface area contributed by atoms with E-state index >= 15 is 0 Å². The first-order valence-electron chi connectivity index (χ1n) is 5.97. The van der Waals surface area contributed by atoms with Gasteiger partial charge < -0.3 is 5.32 Å². The molecule has 0 amide bonds. The smallest absolute Gasteiger partial charge is 0.375 e. The van der Waals surface area contributed by atoms with Gasteiger partial charge in [-0.05, 0) is 17.7 Å². The molecule has 2 aromatic rings. The fourth-order valence-corrected chi connectivity index (χ4v) is 2.04. The summed E-state index contributed by atoms with van der Waals surface area (Å²) >= 11 is 5.58. The molecule has 2 rings (SSSR count). The van der Waals surface area contributed by atoms with E-state index < -0.39 is 27.4 Å². The number of nitro groups is 1. The Labute approximate surface area is 127 Å². The second kappa shape index (κ2) is 6.18. The lowest BCUT2D eigenvalue weighted by molar-refractivity contribution is -0.384. The lowest BCUT2D eigenvalue weighted by Crippen LogP contribution is -2.09. The van der Waals surface area contributed by atoms with Crippen molar-refractivity contribution in [3.63, 3.8) is 0 Å².